The fourth-order valence-electron chi connectivity index (χ4n) is 5.35. The van der Waals surface area contributed by atoms with Crippen LogP contribution in [0.3, 0.4) is 0 Å². The zero-order chi connectivity index (χ0) is 25.8. The maximum absolute atomic E-state index is 6.46. The fraction of sp³-hybridized carbons (Fsp3) is 0.114. The second-order valence-corrected chi connectivity index (χ2v) is 11.3. The van der Waals surface area contributed by atoms with Crippen molar-refractivity contribution in [1.29, 1.82) is 0 Å². The van der Waals surface area contributed by atoms with Crippen molar-refractivity contribution in [3.8, 4) is 32.8 Å². The van der Waals surface area contributed by atoms with E-state index >= 15 is 0 Å². The van der Waals surface area contributed by atoms with Crippen LogP contribution in [0.1, 0.15) is 30.9 Å². The van der Waals surface area contributed by atoms with E-state index in [0.717, 1.165) is 43.6 Å². The first-order valence-electron chi connectivity index (χ1n) is 13.1. The van der Waals surface area contributed by atoms with Gasteiger partial charge in [-0.3, -0.25) is 0 Å². The Morgan fingerprint density at radius 2 is 1.42 bits per heavy atom. The van der Waals surface area contributed by atoms with Crippen LogP contribution < -0.4 is 0 Å². The van der Waals surface area contributed by atoms with Crippen molar-refractivity contribution in [2.45, 2.75) is 26.7 Å². The zero-order valence-corrected chi connectivity index (χ0v) is 22.5. The molecule has 0 aliphatic heterocycles. The van der Waals surface area contributed by atoms with Crippen molar-refractivity contribution in [1.82, 2.24) is 4.98 Å². The van der Waals surface area contributed by atoms with Crippen LogP contribution in [0.4, 0.5) is 0 Å². The Bertz CT molecular complexity index is 1960. The van der Waals surface area contributed by atoms with Crippen molar-refractivity contribution in [2.24, 2.45) is 0 Å². The number of fused-ring (bicyclic) bond motifs is 4. The first-order valence-corrected chi connectivity index (χ1v) is 13.9. The van der Waals surface area contributed by atoms with Crippen LogP contribution in [0.15, 0.2) is 108 Å². The van der Waals surface area contributed by atoms with Crippen LogP contribution in [-0.2, 0) is 0 Å². The Morgan fingerprint density at radius 3 is 2.24 bits per heavy atom. The third kappa shape index (κ3) is 3.74. The third-order valence-corrected chi connectivity index (χ3v) is 8.51. The Kier molecular flexibility index (Phi) is 5.41. The second kappa shape index (κ2) is 8.97. The number of thiazole rings is 1. The Morgan fingerprint density at radius 1 is 0.684 bits per heavy atom. The lowest BCUT2D eigenvalue weighted by atomic mass is 9.95. The van der Waals surface area contributed by atoms with Gasteiger partial charge >= 0.3 is 0 Å². The molecule has 7 rings (SSSR count). The van der Waals surface area contributed by atoms with E-state index in [2.05, 4.69) is 112 Å². The monoisotopic (exact) mass is 509 g/mol. The summed E-state index contributed by atoms with van der Waals surface area (Å²) in [4.78, 5) is 5.23. The molecule has 7 aromatic rings. The summed E-state index contributed by atoms with van der Waals surface area (Å²) >= 11 is 1.76. The summed E-state index contributed by atoms with van der Waals surface area (Å²) in [6.07, 6.45) is 0. The van der Waals surface area contributed by atoms with Gasteiger partial charge in [0.05, 0.1) is 10.2 Å². The quantitative estimate of drug-likeness (QED) is 0.236. The molecule has 0 bridgehead atoms. The first-order chi connectivity index (χ1) is 18.6. The molecule has 0 radical (unpaired) electrons. The SMILES string of the molecule is Cc1ccccc1-c1nc2c(-c3cccc4c3oc3ccccc34)cc(-c3ccc(C(C)C)cc3)cc2s1. The average molecular weight is 510 g/mol. The van der Waals surface area contributed by atoms with Gasteiger partial charge in [0.1, 0.15) is 16.2 Å². The van der Waals surface area contributed by atoms with Crippen LogP contribution >= 0.6 is 11.3 Å². The largest absolute Gasteiger partial charge is 0.455 e. The van der Waals surface area contributed by atoms with Gasteiger partial charge in [-0.1, -0.05) is 98.8 Å². The van der Waals surface area contributed by atoms with Crippen LogP contribution in [0.2, 0.25) is 0 Å². The third-order valence-electron chi connectivity index (χ3n) is 7.48. The van der Waals surface area contributed by atoms with Gasteiger partial charge < -0.3 is 4.42 Å². The molecule has 0 fully saturated rings. The maximum atomic E-state index is 6.46. The predicted octanol–water partition coefficient (Wildman–Crippen LogP) is 10.6. The molecule has 3 heteroatoms. The van der Waals surface area contributed by atoms with Gasteiger partial charge in [-0.05, 0) is 53.3 Å². The fourth-order valence-corrected chi connectivity index (χ4v) is 6.47. The van der Waals surface area contributed by atoms with Gasteiger partial charge in [-0.2, -0.15) is 0 Å². The van der Waals surface area contributed by atoms with E-state index in [1.807, 2.05) is 12.1 Å². The maximum Gasteiger partial charge on any atom is 0.143 e. The number of hydrogen-bond acceptors (Lipinski definition) is 3. The molecule has 2 heterocycles. The second-order valence-electron chi connectivity index (χ2n) is 10.3. The number of furan rings is 1. The average Bonchev–Trinajstić information content (AvgIpc) is 3.54. The number of benzene rings is 5. The molecule has 0 saturated carbocycles. The number of aryl methyl sites for hydroxylation is 1. The normalized spacial score (nSPS) is 11.8. The van der Waals surface area contributed by atoms with Gasteiger partial charge in [0.25, 0.3) is 0 Å². The van der Waals surface area contributed by atoms with Crippen LogP contribution in [-0.4, -0.2) is 4.98 Å². The van der Waals surface area contributed by atoms with Gasteiger partial charge in [0.15, 0.2) is 0 Å². The van der Waals surface area contributed by atoms with Crippen molar-refractivity contribution in [3.05, 3.63) is 114 Å². The summed E-state index contributed by atoms with van der Waals surface area (Å²) in [5.74, 6) is 0.506. The molecule has 0 atom stereocenters. The molecular weight excluding hydrogens is 482 g/mol. The summed E-state index contributed by atoms with van der Waals surface area (Å²) in [6.45, 7) is 6.62. The topological polar surface area (TPSA) is 26.0 Å². The molecule has 0 amide bonds. The minimum Gasteiger partial charge on any atom is -0.455 e. The lowest BCUT2D eigenvalue weighted by molar-refractivity contribution is 0.670. The highest BCUT2D eigenvalue weighted by atomic mass is 32.1. The standard InChI is InChI=1S/C35H27NOS/c1-21(2)23-15-17-24(18-16-23)25-19-30(29-13-8-12-28-27-11-6-7-14-31(27)37-34(28)29)33-32(20-25)38-35(36-33)26-10-5-4-9-22(26)3/h4-21H,1-3H3. The molecule has 0 aliphatic rings. The van der Waals surface area contributed by atoms with Crippen molar-refractivity contribution in [3.63, 3.8) is 0 Å². The van der Waals surface area contributed by atoms with Crippen LogP contribution in [0.25, 0.3) is 65.0 Å². The number of para-hydroxylation sites is 2. The van der Waals surface area contributed by atoms with E-state index in [4.69, 9.17) is 9.40 Å². The zero-order valence-electron chi connectivity index (χ0n) is 21.7. The van der Waals surface area contributed by atoms with E-state index in [1.54, 1.807) is 11.3 Å². The highest BCUT2D eigenvalue weighted by Gasteiger charge is 2.19. The molecule has 184 valence electrons. The number of rotatable bonds is 4. The van der Waals surface area contributed by atoms with Gasteiger partial charge in [0.2, 0.25) is 0 Å². The van der Waals surface area contributed by atoms with Gasteiger partial charge in [0, 0.05) is 27.5 Å². The summed E-state index contributed by atoms with van der Waals surface area (Å²) in [6, 6.07) is 36.8. The molecule has 0 N–H and O–H groups in total. The molecule has 0 aliphatic carbocycles. The molecular formula is C35H27NOS. The Labute approximate surface area is 226 Å². The summed E-state index contributed by atoms with van der Waals surface area (Å²) in [5.41, 5.74) is 11.2. The number of nitrogens with zero attached hydrogens (tertiary/aromatic N) is 1. The summed E-state index contributed by atoms with van der Waals surface area (Å²) < 4.78 is 7.64. The van der Waals surface area contributed by atoms with Crippen molar-refractivity contribution < 1.29 is 4.42 Å². The molecule has 0 spiro atoms. The predicted molar refractivity (Wildman–Crippen MR) is 162 cm³/mol. The van der Waals surface area contributed by atoms with Crippen LogP contribution in [0.5, 0.6) is 0 Å². The first kappa shape index (κ1) is 22.9. The van der Waals surface area contributed by atoms with Crippen molar-refractivity contribution in [2.75, 3.05) is 0 Å². The van der Waals surface area contributed by atoms with Crippen molar-refractivity contribution >= 4 is 43.5 Å². The highest BCUT2D eigenvalue weighted by Crippen LogP contribution is 2.43. The Hall–Kier alpha value is -4.21. The van der Waals surface area contributed by atoms with Gasteiger partial charge in [-0.25, -0.2) is 4.98 Å². The minimum absolute atomic E-state index is 0.506. The van der Waals surface area contributed by atoms with E-state index in [-0.39, 0.29) is 0 Å². The molecule has 5 aromatic carbocycles. The lowest BCUT2D eigenvalue weighted by Crippen LogP contribution is -1.88. The highest BCUT2D eigenvalue weighted by molar-refractivity contribution is 7.21. The summed E-state index contributed by atoms with van der Waals surface area (Å²) in [5, 5.41) is 3.32. The smallest absolute Gasteiger partial charge is 0.143 e. The minimum atomic E-state index is 0.506. The number of aromatic nitrogens is 1. The molecule has 2 aromatic heterocycles. The summed E-state index contributed by atoms with van der Waals surface area (Å²) in [7, 11) is 0. The molecule has 38 heavy (non-hydrogen) atoms. The van der Waals surface area contributed by atoms with E-state index in [1.165, 1.54) is 32.5 Å². The van der Waals surface area contributed by atoms with Crippen LogP contribution in [0, 0.1) is 6.92 Å². The van der Waals surface area contributed by atoms with E-state index < -0.39 is 0 Å². The molecule has 2 nitrogen and oxygen atoms in total. The van der Waals surface area contributed by atoms with E-state index in [9.17, 15) is 0 Å². The van der Waals surface area contributed by atoms with E-state index in [0.29, 0.717) is 5.92 Å². The molecule has 0 saturated heterocycles. The lowest BCUT2D eigenvalue weighted by Gasteiger charge is -2.10. The number of hydrogen-bond donors (Lipinski definition) is 0. The van der Waals surface area contributed by atoms with Gasteiger partial charge in [-0.15, -0.1) is 11.3 Å². The Balaban J connectivity index is 1.51. The molecule has 0 unspecified atom stereocenters.